The van der Waals surface area contributed by atoms with Gasteiger partial charge in [0, 0.05) is 12.2 Å². The Labute approximate surface area is 201 Å². The number of nitrogens with one attached hydrogen (secondary N) is 1. The van der Waals surface area contributed by atoms with Crippen LogP contribution in [0.25, 0.3) is 11.0 Å². The van der Waals surface area contributed by atoms with Crippen molar-refractivity contribution in [2.24, 2.45) is 5.14 Å². The van der Waals surface area contributed by atoms with Gasteiger partial charge in [-0.2, -0.15) is 0 Å². The van der Waals surface area contributed by atoms with Crippen molar-refractivity contribution in [1.29, 1.82) is 0 Å². The van der Waals surface area contributed by atoms with Gasteiger partial charge in [-0.1, -0.05) is 49.0 Å². The second-order valence-electron chi connectivity index (χ2n) is 7.65. The summed E-state index contributed by atoms with van der Waals surface area (Å²) in [4.78, 5) is 17.9. The van der Waals surface area contributed by atoms with Gasteiger partial charge in [0.15, 0.2) is 5.16 Å². The summed E-state index contributed by atoms with van der Waals surface area (Å²) in [6.45, 7) is 2.66. The van der Waals surface area contributed by atoms with Crippen molar-refractivity contribution in [2.75, 3.05) is 5.32 Å². The molecule has 1 amide bonds. The highest BCUT2D eigenvalue weighted by atomic mass is 32.2. The Balaban J connectivity index is 1.74. The summed E-state index contributed by atoms with van der Waals surface area (Å²) in [6.07, 6.45) is 0.813. The van der Waals surface area contributed by atoms with Crippen molar-refractivity contribution < 1.29 is 17.6 Å². The molecule has 4 rings (SSSR count). The largest absolute Gasteiger partial charge is 0.325 e. The molecular formula is C24H23FN4O3S2. The van der Waals surface area contributed by atoms with Crippen LogP contribution in [0.15, 0.2) is 82.8 Å². The topological polar surface area (TPSA) is 107 Å². The van der Waals surface area contributed by atoms with Gasteiger partial charge in [0.2, 0.25) is 15.9 Å². The number of primary sulfonamides is 1. The van der Waals surface area contributed by atoms with Crippen LogP contribution in [0.1, 0.15) is 24.2 Å². The minimum atomic E-state index is -3.87. The number of hydrogen-bond donors (Lipinski definition) is 2. The first-order chi connectivity index (χ1) is 16.3. The van der Waals surface area contributed by atoms with E-state index in [1.54, 1.807) is 6.07 Å². The highest BCUT2D eigenvalue weighted by Crippen LogP contribution is 2.37. The van der Waals surface area contributed by atoms with E-state index >= 15 is 0 Å². The van der Waals surface area contributed by atoms with Crippen LogP contribution in [0.3, 0.4) is 0 Å². The van der Waals surface area contributed by atoms with E-state index in [0.29, 0.717) is 22.9 Å². The van der Waals surface area contributed by atoms with Gasteiger partial charge in [-0.25, -0.2) is 22.9 Å². The smallest absolute Gasteiger partial charge is 0.242 e. The Morgan fingerprint density at radius 2 is 1.82 bits per heavy atom. The maximum absolute atomic E-state index is 13.3. The van der Waals surface area contributed by atoms with Gasteiger partial charge >= 0.3 is 0 Å². The number of benzene rings is 3. The van der Waals surface area contributed by atoms with Crippen molar-refractivity contribution in [3.8, 4) is 0 Å². The van der Waals surface area contributed by atoms with Crippen LogP contribution in [0, 0.1) is 5.82 Å². The van der Waals surface area contributed by atoms with Crippen molar-refractivity contribution in [2.45, 2.75) is 35.2 Å². The quantitative estimate of drug-likeness (QED) is 0.342. The number of imidazole rings is 1. The lowest BCUT2D eigenvalue weighted by Crippen LogP contribution is -2.19. The van der Waals surface area contributed by atoms with Crippen molar-refractivity contribution in [1.82, 2.24) is 9.55 Å². The third-order valence-corrected chi connectivity index (χ3v) is 7.29. The highest BCUT2D eigenvalue weighted by molar-refractivity contribution is 8.00. The lowest BCUT2D eigenvalue weighted by molar-refractivity contribution is -0.115. The first kappa shape index (κ1) is 23.9. The third kappa shape index (κ3) is 5.30. The average molecular weight is 499 g/mol. The van der Waals surface area contributed by atoms with E-state index in [2.05, 4.69) is 10.3 Å². The number of carbonyl (C=O) groups is 1. The number of thioether (sulfide) groups is 1. The highest BCUT2D eigenvalue weighted by Gasteiger charge is 2.26. The fourth-order valence-electron chi connectivity index (χ4n) is 3.54. The van der Waals surface area contributed by atoms with Gasteiger partial charge in [0.05, 0.1) is 15.9 Å². The molecule has 7 nitrogen and oxygen atoms in total. The number of sulfonamides is 1. The molecule has 4 aromatic rings. The monoisotopic (exact) mass is 498 g/mol. The molecule has 1 unspecified atom stereocenters. The standard InChI is InChI=1S/C24H23FN4O3S2/c1-2-14-29-21-13-12-19(34(26,31)32)15-20(21)28-24(29)33-22(16-6-4-3-5-7-16)23(30)27-18-10-8-17(25)9-11-18/h3-13,15,22H,2,14H2,1H3,(H,27,30)(H2,26,31,32). The predicted molar refractivity (Wildman–Crippen MR) is 131 cm³/mol. The van der Waals surface area contributed by atoms with Crippen LogP contribution in [0.5, 0.6) is 0 Å². The summed E-state index contributed by atoms with van der Waals surface area (Å²) >= 11 is 1.26. The zero-order chi connectivity index (χ0) is 24.3. The summed E-state index contributed by atoms with van der Waals surface area (Å²) in [7, 11) is -3.87. The Morgan fingerprint density at radius 1 is 1.12 bits per heavy atom. The number of hydrogen-bond acceptors (Lipinski definition) is 5. The molecule has 0 bridgehead atoms. The fraction of sp³-hybridized carbons (Fsp3) is 0.167. The maximum atomic E-state index is 13.3. The SMILES string of the molecule is CCCn1c(SC(C(=O)Nc2ccc(F)cc2)c2ccccc2)nc2cc(S(N)(=O)=O)ccc21. The first-order valence-electron chi connectivity index (χ1n) is 10.6. The first-order valence-corrected chi connectivity index (χ1v) is 13.0. The van der Waals surface area contributed by atoms with E-state index in [0.717, 1.165) is 17.5 Å². The predicted octanol–water partition coefficient (Wildman–Crippen LogP) is 4.70. The molecule has 0 aliphatic carbocycles. The Morgan fingerprint density at radius 3 is 2.47 bits per heavy atom. The maximum Gasteiger partial charge on any atom is 0.242 e. The zero-order valence-electron chi connectivity index (χ0n) is 18.3. The number of nitrogens with two attached hydrogens (primary N) is 1. The lowest BCUT2D eigenvalue weighted by Gasteiger charge is -2.17. The van der Waals surface area contributed by atoms with Crippen LogP contribution in [-0.4, -0.2) is 23.9 Å². The molecule has 3 N–H and O–H groups in total. The van der Waals surface area contributed by atoms with E-state index in [1.165, 1.54) is 48.2 Å². The normalized spacial score (nSPS) is 12.6. The molecule has 0 fully saturated rings. The zero-order valence-corrected chi connectivity index (χ0v) is 19.9. The second kappa shape index (κ2) is 9.96. The van der Waals surface area contributed by atoms with Gasteiger partial charge in [0.25, 0.3) is 0 Å². The number of aromatic nitrogens is 2. The second-order valence-corrected chi connectivity index (χ2v) is 10.3. The van der Waals surface area contributed by atoms with Crippen molar-refractivity contribution >= 4 is 44.4 Å². The van der Waals surface area contributed by atoms with Crippen LogP contribution in [-0.2, 0) is 21.4 Å². The minimum absolute atomic E-state index is 0.0219. The molecule has 0 saturated heterocycles. The van der Waals surface area contributed by atoms with E-state index in [4.69, 9.17) is 5.14 Å². The van der Waals surface area contributed by atoms with Gasteiger partial charge < -0.3 is 9.88 Å². The van der Waals surface area contributed by atoms with Gasteiger partial charge in [-0.05, 0) is 54.4 Å². The fourth-order valence-corrected chi connectivity index (χ4v) is 5.21. The van der Waals surface area contributed by atoms with E-state index in [-0.39, 0.29) is 16.6 Å². The number of carbonyl (C=O) groups excluding carboxylic acids is 1. The molecule has 1 aromatic heterocycles. The van der Waals surface area contributed by atoms with Crippen LogP contribution < -0.4 is 10.5 Å². The van der Waals surface area contributed by atoms with Crippen LogP contribution in [0.2, 0.25) is 0 Å². The van der Waals surface area contributed by atoms with Gasteiger partial charge in [-0.15, -0.1) is 0 Å². The molecule has 10 heteroatoms. The summed E-state index contributed by atoms with van der Waals surface area (Å²) in [6, 6.07) is 19.4. The van der Waals surface area contributed by atoms with Gasteiger partial charge in [0.1, 0.15) is 11.1 Å². The number of rotatable bonds is 8. The summed E-state index contributed by atoms with van der Waals surface area (Å²) < 4.78 is 38.9. The van der Waals surface area contributed by atoms with E-state index < -0.39 is 15.3 Å². The Bertz CT molecular complexity index is 1420. The van der Waals surface area contributed by atoms with Crippen molar-refractivity contribution in [3.05, 3.63) is 84.2 Å². The lowest BCUT2D eigenvalue weighted by atomic mass is 10.1. The summed E-state index contributed by atoms with van der Waals surface area (Å²) in [5.41, 5.74) is 2.48. The Kier molecular flexibility index (Phi) is 7.01. The molecule has 3 aromatic carbocycles. The number of nitrogens with zero attached hydrogens (tertiary/aromatic N) is 2. The van der Waals surface area contributed by atoms with Crippen LogP contribution >= 0.6 is 11.8 Å². The van der Waals surface area contributed by atoms with E-state index in [1.807, 2.05) is 41.8 Å². The molecule has 1 atom stereocenters. The Hall–Kier alpha value is -3.21. The molecular weight excluding hydrogens is 475 g/mol. The third-order valence-electron chi connectivity index (χ3n) is 5.14. The molecule has 0 aliphatic heterocycles. The average Bonchev–Trinajstić information content (AvgIpc) is 3.15. The number of fused-ring (bicyclic) bond motifs is 1. The van der Waals surface area contributed by atoms with E-state index in [9.17, 15) is 17.6 Å². The molecule has 0 aliphatic rings. The summed E-state index contributed by atoms with van der Waals surface area (Å²) in [5.74, 6) is -0.678. The molecule has 34 heavy (non-hydrogen) atoms. The number of anilines is 1. The minimum Gasteiger partial charge on any atom is -0.325 e. The summed E-state index contributed by atoms with van der Waals surface area (Å²) in [5, 5.41) is 8.05. The molecule has 0 spiro atoms. The number of aryl methyl sites for hydroxylation is 1. The molecule has 0 saturated carbocycles. The van der Waals surface area contributed by atoms with Crippen molar-refractivity contribution in [3.63, 3.8) is 0 Å². The molecule has 0 radical (unpaired) electrons. The number of halogens is 1. The molecule has 176 valence electrons. The number of amides is 1. The van der Waals surface area contributed by atoms with Gasteiger partial charge in [-0.3, -0.25) is 4.79 Å². The molecule has 1 heterocycles. The van der Waals surface area contributed by atoms with Crippen LogP contribution in [0.4, 0.5) is 10.1 Å².